The summed E-state index contributed by atoms with van der Waals surface area (Å²) < 4.78 is 6.17. The van der Waals surface area contributed by atoms with Gasteiger partial charge in [-0.05, 0) is 18.3 Å². The molecule has 1 aromatic rings. The van der Waals surface area contributed by atoms with Gasteiger partial charge in [0.2, 0.25) is 5.89 Å². The minimum absolute atomic E-state index is 0.313. The first-order valence-corrected chi connectivity index (χ1v) is 6.16. The first kappa shape index (κ1) is 10.4. The Bertz CT molecular complexity index is 322. The summed E-state index contributed by atoms with van der Waals surface area (Å²) in [6, 6.07) is 0. The number of hydrogen-bond acceptors (Lipinski definition) is 3. The van der Waals surface area contributed by atoms with E-state index in [0.717, 1.165) is 5.89 Å². The van der Waals surface area contributed by atoms with Gasteiger partial charge < -0.3 is 4.42 Å². The van der Waals surface area contributed by atoms with Crippen molar-refractivity contribution in [2.45, 2.75) is 45.4 Å². The van der Waals surface area contributed by atoms with Gasteiger partial charge in [0.15, 0.2) is 0 Å². The first-order valence-electron chi connectivity index (χ1n) is 5.08. The molecular weight excluding hydrogens is 291 g/mol. The normalized spacial score (nSPS) is 26.4. The van der Waals surface area contributed by atoms with Gasteiger partial charge in [-0.25, -0.2) is 0 Å². The Morgan fingerprint density at radius 2 is 2.14 bits per heavy atom. The molecular formula is C10H15IN2O. The zero-order valence-corrected chi connectivity index (χ0v) is 10.7. The summed E-state index contributed by atoms with van der Waals surface area (Å²) in [5.74, 6) is 1.28. The average molecular weight is 306 g/mol. The molecule has 1 saturated carbocycles. The van der Waals surface area contributed by atoms with E-state index in [2.05, 4.69) is 46.6 Å². The fourth-order valence-electron chi connectivity index (χ4n) is 2.31. The molecule has 2 rings (SSSR count). The van der Waals surface area contributed by atoms with E-state index >= 15 is 0 Å². The Labute approximate surface area is 97.8 Å². The molecule has 3 nitrogen and oxygen atoms in total. The number of nitrogens with zero attached hydrogens (tertiary/aromatic N) is 2. The zero-order valence-electron chi connectivity index (χ0n) is 8.59. The van der Waals surface area contributed by atoms with Crippen molar-refractivity contribution in [3.05, 3.63) is 9.79 Å². The van der Waals surface area contributed by atoms with Crippen LogP contribution in [0, 0.1) is 9.31 Å². The van der Waals surface area contributed by atoms with Crippen molar-refractivity contribution in [3.8, 4) is 0 Å². The van der Waals surface area contributed by atoms with Gasteiger partial charge in [-0.2, -0.15) is 0 Å². The van der Waals surface area contributed by atoms with E-state index in [9.17, 15) is 0 Å². The Kier molecular flexibility index (Phi) is 2.81. The Hall–Kier alpha value is -0.130. The smallest absolute Gasteiger partial charge is 0.278 e. The number of aromatic nitrogens is 2. The van der Waals surface area contributed by atoms with Crippen molar-refractivity contribution in [1.29, 1.82) is 0 Å². The summed E-state index contributed by atoms with van der Waals surface area (Å²) in [4.78, 5) is 0. The fraction of sp³-hybridized carbons (Fsp3) is 0.800. The van der Waals surface area contributed by atoms with E-state index in [0.29, 0.717) is 15.2 Å². The van der Waals surface area contributed by atoms with Gasteiger partial charge in [0.25, 0.3) is 3.90 Å². The van der Waals surface area contributed by atoms with Gasteiger partial charge in [0.05, 0.1) is 0 Å². The van der Waals surface area contributed by atoms with Crippen LogP contribution in [0.5, 0.6) is 0 Å². The van der Waals surface area contributed by atoms with Gasteiger partial charge >= 0.3 is 0 Å². The van der Waals surface area contributed by atoms with Crippen molar-refractivity contribution in [1.82, 2.24) is 10.2 Å². The molecule has 0 saturated heterocycles. The molecule has 0 radical (unpaired) electrons. The average Bonchev–Trinajstić information content (AvgIpc) is 2.51. The molecule has 0 spiro atoms. The van der Waals surface area contributed by atoms with Crippen molar-refractivity contribution >= 4 is 22.6 Å². The van der Waals surface area contributed by atoms with Gasteiger partial charge in [-0.3, -0.25) is 0 Å². The lowest BCUT2D eigenvalue weighted by atomic mass is 9.69. The molecule has 1 fully saturated rings. The topological polar surface area (TPSA) is 38.9 Å². The summed E-state index contributed by atoms with van der Waals surface area (Å²) in [6.07, 6.45) is 5.06. The standard InChI is InChI=1S/C10H15IN2O/c1-10(2)6-4-3-5-7(10)8-12-13-9(11)14-8/h7H,3-6H2,1-2H3. The second-order valence-corrected chi connectivity index (χ2v) is 5.60. The van der Waals surface area contributed by atoms with Gasteiger partial charge in [0, 0.05) is 28.5 Å². The van der Waals surface area contributed by atoms with Crippen molar-refractivity contribution < 1.29 is 4.42 Å². The van der Waals surface area contributed by atoms with Crippen LogP contribution < -0.4 is 0 Å². The molecule has 0 amide bonds. The molecule has 1 heterocycles. The lowest BCUT2D eigenvalue weighted by Crippen LogP contribution is -2.26. The number of hydrogen-bond donors (Lipinski definition) is 0. The van der Waals surface area contributed by atoms with Crippen molar-refractivity contribution in [3.63, 3.8) is 0 Å². The SMILES string of the molecule is CC1(C)CCCCC1c1nnc(I)o1. The van der Waals surface area contributed by atoms with Crippen LogP contribution in [0.2, 0.25) is 0 Å². The number of halogens is 1. The highest BCUT2D eigenvalue weighted by Crippen LogP contribution is 2.46. The second kappa shape index (κ2) is 3.79. The molecule has 78 valence electrons. The molecule has 1 atom stereocenters. The maximum absolute atomic E-state index is 5.52. The van der Waals surface area contributed by atoms with Crippen LogP contribution in [0.1, 0.15) is 51.3 Å². The molecule has 0 aliphatic heterocycles. The highest BCUT2D eigenvalue weighted by atomic mass is 127. The van der Waals surface area contributed by atoms with Crippen LogP contribution >= 0.6 is 22.6 Å². The van der Waals surface area contributed by atoms with E-state index in [4.69, 9.17) is 4.42 Å². The molecule has 4 heteroatoms. The molecule has 0 bridgehead atoms. The van der Waals surface area contributed by atoms with Crippen LogP contribution in [0.3, 0.4) is 0 Å². The van der Waals surface area contributed by atoms with E-state index < -0.39 is 0 Å². The summed E-state index contributed by atoms with van der Waals surface area (Å²) in [7, 11) is 0. The Balaban J connectivity index is 2.23. The largest absolute Gasteiger partial charge is 0.416 e. The van der Waals surface area contributed by atoms with Crippen LogP contribution in [0.4, 0.5) is 0 Å². The van der Waals surface area contributed by atoms with Gasteiger partial charge in [-0.15, -0.1) is 10.2 Å². The lowest BCUT2D eigenvalue weighted by Gasteiger charge is -2.36. The molecule has 1 aromatic heterocycles. The van der Waals surface area contributed by atoms with E-state index in [1.54, 1.807) is 0 Å². The summed E-state index contributed by atoms with van der Waals surface area (Å²) in [6.45, 7) is 4.60. The van der Waals surface area contributed by atoms with E-state index in [-0.39, 0.29) is 0 Å². The minimum Gasteiger partial charge on any atom is -0.416 e. The minimum atomic E-state index is 0.313. The predicted octanol–water partition coefficient (Wildman–Crippen LogP) is 3.36. The molecule has 1 unspecified atom stereocenters. The zero-order chi connectivity index (χ0) is 10.2. The number of rotatable bonds is 1. The van der Waals surface area contributed by atoms with Crippen LogP contribution in [-0.4, -0.2) is 10.2 Å². The monoisotopic (exact) mass is 306 g/mol. The molecule has 0 N–H and O–H groups in total. The van der Waals surface area contributed by atoms with Crippen LogP contribution in [-0.2, 0) is 0 Å². The highest BCUT2D eigenvalue weighted by Gasteiger charge is 2.36. The van der Waals surface area contributed by atoms with Crippen molar-refractivity contribution in [2.24, 2.45) is 5.41 Å². The maximum Gasteiger partial charge on any atom is 0.278 e. The molecule has 0 aromatic carbocycles. The van der Waals surface area contributed by atoms with Crippen LogP contribution in [0.15, 0.2) is 4.42 Å². The Morgan fingerprint density at radius 3 is 2.71 bits per heavy atom. The summed E-state index contributed by atoms with van der Waals surface area (Å²) in [5, 5.41) is 8.04. The predicted molar refractivity (Wildman–Crippen MR) is 62.0 cm³/mol. The van der Waals surface area contributed by atoms with Gasteiger partial charge in [-0.1, -0.05) is 26.7 Å². The highest BCUT2D eigenvalue weighted by molar-refractivity contribution is 14.1. The van der Waals surface area contributed by atoms with E-state index in [1.165, 1.54) is 25.7 Å². The van der Waals surface area contributed by atoms with Crippen molar-refractivity contribution in [2.75, 3.05) is 0 Å². The molecule has 14 heavy (non-hydrogen) atoms. The van der Waals surface area contributed by atoms with Gasteiger partial charge in [0.1, 0.15) is 0 Å². The third kappa shape index (κ3) is 1.94. The second-order valence-electron chi connectivity index (χ2n) is 4.68. The first-order chi connectivity index (χ1) is 6.59. The molecule has 1 aliphatic carbocycles. The molecule has 1 aliphatic rings. The lowest BCUT2D eigenvalue weighted by molar-refractivity contribution is 0.171. The fourth-order valence-corrected chi connectivity index (χ4v) is 2.64. The van der Waals surface area contributed by atoms with E-state index in [1.807, 2.05) is 0 Å². The quantitative estimate of drug-likeness (QED) is 0.747. The summed E-state index contributed by atoms with van der Waals surface area (Å²) in [5.41, 5.74) is 0.313. The summed E-state index contributed by atoms with van der Waals surface area (Å²) >= 11 is 2.07. The third-order valence-corrected chi connectivity index (χ3v) is 3.66. The Morgan fingerprint density at radius 1 is 1.36 bits per heavy atom. The van der Waals surface area contributed by atoms with Crippen LogP contribution in [0.25, 0.3) is 0 Å². The maximum atomic E-state index is 5.52. The third-order valence-electron chi connectivity index (χ3n) is 3.22.